The lowest BCUT2D eigenvalue weighted by molar-refractivity contribution is 1.17. The molecule has 0 aliphatic rings. The van der Waals surface area contributed by atoms with Gasteiger partial charge in [0, 0.05) is 6.20 Å². The van der Waals surface area contributed by atoms with Gasteiger partial charge in [-0.2, -0.15) is 0 Å². The minimum Gasteiger partial charge on any atom is -0.308 e. The molecule has 0 saturated carbocycles. The fourth-order valence-corrected chi connectivity index (χ4v) is 0.866. The van der Waals surface area contributed by atoms with Gasteiger partial charge < -0.3 is 5.43 Å². The summed E-state index contributed by atoms with van der Waals surface area (Å²) in [6.07, 6.45) is 1.78. The first-order valence-corrected chi connectivity index (χ1v) is 3.14. The van der Waals surface area contributed by atoms with Crippen molar-refractivity contribution in [1.82, 2.24) is 4.98 Å². The van der Waals surface area contributed by atoms with Crippen molar-refractivity contribution in [2.24, 2.45) is 5.84 Å². The maximum Gasteiger partial charge on any atom is 0.142 e. The van der Waals surface area contributed by atoms with Crippen LogP contribution >= 0.6 is 0 Å². The van der Waals surface area contributed by atoms with Crippen molar-refractivity contribution < 1.29 is 0 Å². The molecule has 3 heteroatoms. The summed E-state index contributed by atoms with van der Waals surface area (Å²) < 4.78 is 0. The molecule has 1 rings (SSSR count). The number of nitrogens with zero attached hydrogens (tertiary/aromatic N) is 1. The summed E-state index contributed by atoms with van der Waals surface area (Å²) in [7, 11) is 0. The number of aromatic nitrogens is 1. The molecule has 1 aromatic heterocycles. The Bertz CT molecular complexity index is 232. The Balaban J connectivity index is 3.07. The molecule has 0 fully saturated rings. The maximum atomic E-state index is 5.19. The monoisotopic (exact) mass is 137 g/mol. The number of hydrazine groups is 1. The van der Waals surface area contributed by atoms with E-state index in [1.54, 1.807) is 6.20 Å². The Morgan fingerprint density at radius 3 is 2.70 bits per heavy atom. The van der Waals surface area contributed by atoms with Crippen LogP contribution in [0.2, 0.25) is 0 Å². The highest BCUT2D eigenvalue weighted by Gasteiger charge is 1.94. The lowest BCUT2D eigenvalue weighted by Crippen LogP contribution is -2.09. The molecule has 0 saturated heterocycles. The molecule has 0 atom stereocenters. The number of nitrogens with one attached hydrogen (secondary N) is 1. The van der Waals surface area contributed by atoms with Crippen molar-refractivity contribution in [2.75, 3.05) is 5.43 Å². The van der Waals surface area contributed by atoms with E-state index >= 15 is 0 Å². The van der Waals surface area contributed by atoms with Crippen LogP contribution in [0.15, 0.2) is 12.3 Å². The summed E-state index contributed by atoms with van der Waals surface area (Å²) in [6.45, 7) is 3.97. The molecular formula is C7H11N3. The Morgan fingerprint density at radius 1 is 1.50 bits per heavy atom. The zero-order valence-corrected chi connectivity index (χ0v) is 6.18. The van der Waals surface area contributed by atoms with E-state index in [2.05, 4.69) is 10.4 Å². The van der Waals surface area contributed by atoms with Crippen molar-refractivity contribution in [3.05, 3.63) is 23.4 Å². The van der Waals surface area contributed by atoms with Gasteiger partial charge in [-0.05, 0) is 25.0 Å². The van der Waals surface area contributed by atoms with Crippen molar-refractivity contribution in [3.63, 3.8) is 0 Å². The van der Waals surface area contributed by atoms with Crippen molar-refractivity contribution >= 4 is 5.82 Å². The number of pyridine rings is 1. The van der Waals surface area contributed by atoms with Gasteiger partial charge in [-0.25, -0.2) is 10.8 Å². The van der Waals surface area contributed by atoms with Gasteiger partial charge in [-0.1, -0.05) is 6.07 Å². The van der Waals surface area contributed by atoms with Crippen molar-refractivity contribution in [2.45, 2.75) is 13.8 Å². The molecule has 0 radical (unpaired) electrons. The van der Waals surface area contributed by atoms with E-state index in [-0.39, 0.29) is 0 Å². The molecule has 1 heterocycles. The summed E-state index contributed by atoms with van der Waals surface area (Å²) in [5.41, 5.74) is 4.73. The molecule has 3 nitrogen and oxygen atoms in total. The molecule has 54 valence electrons. The third-order valence-corrected chi connectivity index (χ3v) is 1.35. The number of anilines is 1. The zero-order valence-electron chi connectivity index (χ0n) is 6.18. The van der Waals surface area contributed by atoms with Gasteiger partial charge in [0.15, 0.2) is 0 Å². The molecule has 1 aromatic rings. The number of rotatable bonds is 1. The molecule has 0 aliphatic carbocycles. The second kappa shape index (κ2) is 2.66. The average molecular weight is 137 g/mol. The fraction of sp³-hybridized carbons (Fsp3) is 0.286. The average Bonchev–Trinajstić information content (AvgIpc) is 1.88. The number of hydrogen-bond acceptors (Lipinski definition) is 3. The molecule has 0 aromatic carbocycles. The first-order valence-electron chi connectivity index (χ1n) is 3.14. The standard InChI is InChI=1S/C7H11N3/c1-5-3-6(2)7(10-8)9-4-5/h3-4H,8H2,1-2H3,(H,9,10). The van der Waals surface area contributed by atoms with Crippen LogP contribution in [0.25, 0.3) is 0 Å². The molecule has 0 amide bonds. The largest absolute Gasteiger partial charge is 0.308 e. The van der Waals surface area contributed by atoms with E-state index in [0.29, 0.717) is 0 Å². The van der Waals surface area contributed by atoms with Crippen LogP contribution in [0, 0.1) is 13.8 Å². The number of aryl methyl sites for hydroxylation is 2. The van der Waals surface area contributed by atoms with E-state index in [0.717, 1.165) is 16.9 Å². The van der Waals surface area contributed by atoms with E-state index in [4.69, 9.17) is 5.84 Å². The highest BCUT2D eigenvalue weighted by molar-refractivity contribution is 5.42. The predicted octanol–water partition coefficient (Wildman–Crippen LogP) is 0.984. The fourth-order valence-electron chi connectivity index (χ4n) is 0.866. The lowest BCUT2D eigenvalue weighted by Gasteiger charge is -2.02. The molecule has 0 aliphatic heterocycles. The van der Waals surface area contributed by atoms with Crippen LogP contribution in [-0.2, 0) is 0 Å². The quantitative estimate of drug-likeness (QED) is 0.448. The van der Waals surface area contributed by atoms with E-state index in [9.17, 15) is 0 Å². The summed E-state index contributed by atoms with van der Waals surface area (Å²) in [6, 6.07) is 2.03. The smallest absolute Gasteiger partial charge is 0.142 e. The second-order valence-corrected chi connectivity index (χ2v) is 2.32. The van der Waals surface area contributed by atoms with Crippen LogP contribution in [0.5, 0.6) is 0 Å². The van der Waals surface area contributed by atoms with E-state index in [1.165, 1.54) is 0 Å². The Kier molecular flexibility index (Phi) is 1.87. The van der Waals surface area contributed by atoms with Crippen molar-refractivity contribution in [1.29, 1.82) is 0 Å². The maximum absolute atomic E-state index is 5.19. The predicted molar refractivity (Wildman–Crippen MR) is 41.5 cm³/mol. The Labute approximate surface area is 60.2 Å². The van der Waals surface area contributed by atoms with Crippen LogP contribution in [-0.4, -0.2) is 4.98 Å². The summed E-state index contributed by atoms with van der Waals surface area (Å²) in [4.78, 5) is 4.06. The zero-order chi connectivity index (χ0) is 7.56. The third kappa shape index (κ3) is 1.25. The normalized spacial score (nSPS) is 9.50. The topological polar surface area (TPSA) is 50.9 Å². The minimum atomic E-state index is 0.741. The van der Waals surface area contributed by atoms with Gasteiger partial charge in [0.05, 0.1) is 0 Å². The molecular weight excluding hydrogens is 126 g/mol. The lowest BCUT2D eigenvalue weighted by atomic mass is 10.2. The third-order valence-electron chi connectivity index (χ3n) is 1.35. The summed E-state index contributed by atoms with van der Waals surface area (Å²) in [5.74, 6) is 5.93. The van der Waals surface area contributed by atoms with E-state index in [1.807, 2.05) is 19.9 Å². The molecule has 3 N–H and O–H groups in total. The van der Waals surface area contributed by atoms with E-state index < -0.39 is 0 Å². The highest BCUT2D eigenvalue weighted by atomic mass is 15.2. The van der Waals surface area contributed by atoms with Gasteiger partial charge in [0.2, 0.25) is 0 Å². The van der Waals surface area contributed by atoms with Crippen LogP contribution in [0.1, 0.15) is 11.1 Å². The first-order chi connectivity index (χ1) is 4.74. The first kappa shape index (κ1) is 7.02. The SMILES string of the molecule is Cc1cnc(NN)c(C)c1. The van der Waals surface area contributed by atoms with Gasteiger partial charge in [0.25, 0.3) is 0 Å². The van der Waals surface area contributed by atoms with Crippen molar-refractivity contribution in [3.8, 4) is 0 Å². The molecule has 0 unspecified atom stereocenters. The number of nitrogens with two attached hydrogens (primary N) is 1. The number of hydrogen-bond donors (Lipinski definition) is 2. The molecule has 0 spiro atoms. The molecule has 0 bridgehead atoms. The molecule has 10 heavy (non-hydrogen) atoms. The van der Waals surface area contributed by atoms with Crippen LogP contribution in [0.3, 0.4) is 0 Å². The summed E-state index contributed by atoms with van der Waals surface area (Å²) in [5, 5.41) is 0. The Morgan fingerprint density at radius 2 is 2.20 bits per heavy atom. The van der Waals surface area contributed by atoms with Gasteiger partial charge >= 0.3 is 0 Å². The van der Waals surface area contributed by atoms with Gasteiger partial charge in [-0.15, -0.1) is 0 Å². The second-order valence-electron chi connectivity index (χ2n) is 2.32. The van der Waals surface area contributed by atoms with Crippen LogP contribution in [0.4, 0.5) is 5.82 Å². The number of nitrogen functional groups attached to an aromatic ring is 1. The van der Waals surface area contributed by atoms with Gasteiger partial charge in [-0.3, -0.25) is 0 Å². The summed E-state index contributed by atoms with van der Waals surface area (Å²) >= 11 is 0. The van der Waals surface area contributed by atoms with Crippen LogP contribution < -0.4 is 11.3 Å². The minimum absolute atomic E-state index is 0.741. The van der Waals surface area contributed by atoms with Gasteiger partial charge in [0.1, 0.15) is 5.82 Å². The highest BCUT2D eigenvalue weighted by Crippen LogP contribution is 2.09. The Hall–Kier alpha value is -1.09.